The third-order valence-electron chi connectivity index (χ3n) is 3.96. The average Bonchev–Trinajstić information content (AvgIpc) is 2.49. The van der Waals surface area contributed by atoms with Gasteiger partial charge in [-0.1, -0.05) is 91.1 Å². The smallest absolute Gasteiger partial charge is 0.0898 e. The first-order valence-corrected chi connectivity index (χ1v) is 10.1. The third kappa shape index (κ3) is 3.47. The van der Waals surface area contributed by atoms with Gasteiger partial charge in [-0.25, -0.2) is 0 Å². The molecule has 0 fully saturated rings. The quantitative estimate of drug-likeness (QED) is 0.830. The summed E-state index contributed by atoms with van der Waals surface area (Å²) in [5, 5.41) is 11.2. The zero-order valence-corrected chi connectivity index (χ0v) is 13.2. The van der Waals surface area contributed by atoms with Crippen molar-refractivity contribution in [3.8, 4) is 0 Å². The molecule has 0 saturated carbocycles. The van der Waals surface area contributed by atoms with Crippen LogP contribution < -0.4 is 5.19 Å². The standard InChI is InChI=1S/C18H22OSi/c1-20(2,17-11-7-4-8-12-17)18(15-19)14-13-16-9-5-3-6-10-16/h3-14,18-19H,15H2,1-2H3/b14-13+/t18-/m0/s1. The molecule has 2 aromatic rings. The molecule has 2 rings (SSSR count). The van der Waals surface area contributed by atoms with Gasteiger partial charge in [-0.15, -0.1) is 0 Å². The van der Waals surface area contributed by atoms with E-state index in [2.05, 4.69) is 61.6 Å². The van der Waals surface area contributed by atoms with Gasteiger partial charge in [0.25, 0.3) is 0 Å². The molecule has 104 valence electrons. The van der Waals surface area contributed by atoms with Gasteiger partial charge in [-0.2, -0.15) is 0 Å². The monoisotopic (exact) mass is 282 g/mol. The number of aliphatic hydroxyl groups is 1. The van der Waals surface area contributed by atoms with Crippen molar-refractivity contribution in [2.24, 2.45) is 0 Å². The van der Waals surface area contributed by atoms with Crippen molar-refractivity contribution in [3.05, 3.63) is 72.3 Å². The molecule has 0 saturated heterocycles. The summed E-state index contributed by atoms with van der Waals surface area (Å²) >= 11 is 0. The normalized spacial score (nSPS) is 13.6. The molecular formula is C18H22OSi. The lowest BCUT2D eigenvalue weighted by atomic mass is 10.2. The molecule has 0 heterocycles. The van der Waals surface area contributed by atoms with E-state index >= 15 is 0 Å². The Morgan fingerprint density at radius 3 is 2.05 bits per heavy atom. The number of hydrogen-bond donors (Lipinski definition) is 1. The largest absolute Gasteiger partial charge is 0.396 e. The fourth-order valence-corrected chi connectivity index (χ4v) is 4.92. The number of hydrogen-bond acceptors (Lipinski definition) is 1. The molecule has 0 aromatic heterocycles. The topological polar surface area (TPSA) is 20.2 Å². The molecule has 0 amide bonds. The first-order valence-electron chi connectivity index (χ1n) is 7.04. The summed E-state index contributed by atoms with van der Waals surface area (Å²) in [6.07, 6.45) is 4.30. The van der Waals surface area contributed by atoms with Gasteiger partial charge in [-0.05, 0) is 11.1 Å². The van der Waals surface area contributed by atoms with Crippen LogP contribution in [0.1, 0.15) is 5.56 Å². The van der Waals surface area contributed by atoms with Crippen LogP contribution in [0, 0.1) is 0 Å². The van der Waals surface area contributed by atoms with Gasteiger partial charge in [-0.3, -0.25) is 0 Å². The van der Waals surface area contributed by atoms with Gasteiger partial charge in [0.1, 0.15) is 0 Å². The number of aliphatic hydroxyl groups excluding tert-OH is 1. The van der Waals surface area contributed by atoms with Gasteiger partial charge < -0.3 is 5.11 Å². The maximum Gasteiger partial charge on any atom is 0.0898 e. The SMILES string of the molecule is C[Si](C)(c1ccccc1)[C@@H](/C=C/c1ccccc1)CO. The Morgan fingerprint density at radius 1 is 0.950 bits per heavy atom. The Labute approximate surface area is 122 Å². The fourth-order valence-electron chi connectivity index (χ4n) is 2.40. The first-order chi connectivity index (χ1) is 9.64. The lowest BCUT2D eigenvalue weighted by molar-refractivity contribution is 0.300. The Morgan fingerprint density at radius 2 is 1.50 bits per heavy atom. The van der Waals surface area contributed by atoms with Crippen molar-refractivity contribution in [1.29, 1.82) is 0 Å². The van der Waals surface area contributed by atoms with Crippen molar-refractivity contribution >= 4 is 19.3 Å². The molecule has 0 bridgehead atoms. The summed E-state index contributed by atoms with van der Waals surface area (Å²) < 4.78 is 0. The second-order valence-electron chi connectivity index (χ2n) is 5.65. The summed E-state index contributed by atoms with van der Waals surface area (Å²) in [5.74, 6) is 0. The van der Waals surface area contributed by atoms with Crippen molar-refractivity contribution in [1.82, 2.24) is 0 Å². The lowest BCUT2D eigenvalue weighted by Crippen LogP contribution is -2.46. The molecule has 1 N–H and O–H groups in total. The van der Waals surface area contributed by atoms with Gasteiger partial charge in [0.05, 0.1) is 8.07 Å². The second-order valence-corrected chi connectivity index (χ2v) is 10.4. The summed E-state index contributed by atoms with van der Waals surface area (Å²) in [4.78, 5) is 0. The Balaban J connectivity index is 2.22. The zero-order valence-electron chi connectivity index (χ0n) is 12.2. The maximum absolute atomic E-state index is 9.78. The highest BCUT2D eigenvalue weighted by Gasteiger charge is 2.31. The van der Waals surface area contributed by atoms with Crippen LogP contribution in [0.5, 0.6) is 0 Å². The lowest BCUT2D eigenvalue weighted by Gasteiger charge is -2.29. The number of benzene rings is 2. The van der Waals surface area contributed by atoms with Gasteiger partial charge in [0.15, 0.2) is 0 Å². The first kappa shape index (κ1) is 14.8. The summed E-state index contributed by atoms with van der Waals surface area (Å²) in [6, 6.07) is 20.8. The Hall–Kier alpha value is -1.64. The minimum Gasteiger partial charge on any atom is -0.396 e. The van der Waals surface area contributed by atoms with Crippen molar-refractivity contribution in [2.45, 2.75) is 18.6 Å². The Kier molecular flexibility index (Phi) is 4.93. The highest BCUT2D eigenvalue weighted by Crippen LogP contribution is 2.24. The molecule has 0 spiro atoms. The van der Waals surface area contributed by atoms with E-state index in [9.17, 15) is 5.11 Å². The summed E-state index contributed by atoms with van der Waals surface area (Å²) in [6.45, 7) is 4.84. The van der Waals surface area contributed by atoms with Gasteiger partial charge in [0, 0.05) is 6.61 Å². The van der Waals surface area contributed by atoms with Crippen LogP contribution in [-0.2, 0) is 0 Å². The molecular weight excluding hydrogens is 260 g/mol. The second kappa shape index (κ2) is 6.68. The fraction of sp³-hybridized carbons (Fsp3) is 0.222. The molecule has 0 aliphatic carbocycles. The van der Waals surface area contributed by atoms with Crippen LogP contribution in [0.15, 0.2) is 66.7 Å². The van der Waals surface area contributed by atoms with E-state index in [1.165, 1.54) is 10.8 Å². The van der Waals surface area contributed by atoms with E-state index in [1.807, 2.05) is 24.3 Å². The third-order valence-corrected chi connectivity index (χ3v) is 8.01. The summed E-state index contributed by atoms with van der Waals surface area (Å²) in [7, 11) is -1.70. The zero-order chi connectivity index (χ0) is 14.4. The molecule has 0 aliphatic rings. The predicted octanol–water partition coefficient (Wildman–Crippen LogP) is 3.68. The van der Waals surface area contributed by atoms with Gasteiger partial charge >= 0.3 is 0 Å². The molecule has 1 atom stereocenters. The maximum atomic E-state index is 9.78. The van der Waals surface area contributed by atoms with E-state index < -0.39 is 8.07 Å². The van der Waals surface area contributed by atoms with Crippen LogP contribution >= 0.6 is 0 Å². The van der Waals surface area contributed by atoms with Crippen LogP contribution in [-0.4, -0.2) is 19.8 Å². The van der Waals surface area contributed by atoms with E-state index in [4.69, 9.17) is 0 Å². The highest BCUT2D eigenvalue weighted by atomic mass is 28.3. The van der Waals surface area contributed by atoms with E-state index in [-0.39, 0.29) is 12.1 Å². The van der Waals surface area contributed by atoms with Crippen LogP contribution in [0.25, 0.3) is 6.08 Å². The van der Waals surface area contributed by atoms with Crippen molar-refractivity contribution in [2.75, 3.05) is 6.61 Å². The summed E-state index contributed by atoms with van der Waals surface area (Å²) in [5.41, 5.74) is 1.41. The Bertz CT molecular complexity index is 546. The number of rotatable bonds is 5. The molecule has 0 aliphatic heterocycles. The van der Waals surface area contributed by atoms with Crippen LogP contribution in [0.2, 0.25) is 18.6 Å². The van der Waals surface area contributed by atoms with Crippen molar-refractivity contribution in [3.63, 3.8) is 0 Å². The highest BCUT2D eigenvalue weighted by molar-refractivity contribution is 6.91. The molecule has 2 aromatic carbocycles. The molecule has 1 nitrogen and oxygen atoms in total. The van der Waals surface area contributed by atoms with E-state index in [0.717, 1.165) is 0 Å². The van der Waals surface area contributed by atoms with Crippen LogP contribution in [0.4, 0.5) is 0 Å². The van der Waals surface area contributed by atoms with Crippen LogP contribution in [0.3, 0.4) is 0 Å². The molecule has 0 radical (unpaired) electrons. The predicted molar refractivity (Wildman–Crippen MR) is 89.9 cm³/mol. The molecule has 0 unspecified atom stereocenters. The minimum atomic E-state index is -1.70. The van der Waals surface area contributed by atoms with Gasteiger partial charge in [0.2, 0.25) is 0 Å². The van der Waals surface area contributed by atoms with Crippen molar-refractivity contribution < 1.29 is 5.11 Å². The molecule has 2 heteroatoms. The van der Waals surface area contributed by atoms with E-state index in [0.29, 0.717) is 0 Å². The van der Waals surface area contributed by atoms with E-state index in [1.54, 1.807) is 0 Å². The average molecular weight is 282 g/mol. The minimum absolute atomic E-state index is 0.206. The molecule has 20 heavy (non-hydrogen) atoms.